The molecule has 2 rings (SSSR count). The molecule has 0 aromatic heterocycles. The van der Waals surface area contributed by atoms with E-state index in [0.29, 0.717) is 28.2 Å². The van der Waals surface area contributed by atoms with Crippen LogP contribution in [-0.2, 0) is 0 Å². The number of rotatable bonds is 3. The molecule has 27 heavy (non-hydrogen) atoms. The van der Waals surface area contributed by atoms with Crippen LogP contribution < -0.4 is 9.47 Å². The predicted molar refractivity (Wildman–Crippen MR) is 105 cm³/mol. The molecular weight excluding hydrogens is 340 g/mol. The summed E-state index contributed by atoms with van der Waals surface area (Å²) in [6.45, 7) is 5.01. The van der Waals surface area contributed by atoms with E-state index in [4.69, 9.17) is 9.47 Å². The summed E-state index contributed by atoms with van der Waals surface area (Å²) in [5, 5.41) is 9.90. The molecule has 2 aromatic carbocycles. The monoisotopic (exact) mass is 362 g/mol. The molecule has 138 valence electrons. The van der Waals surface area contributed by atoms with E-state index in [0.717, 1.165) is 5.56 Å². The Balaban J connectivity index is 2.54. The highest BCUT2D eigenvalue weighted by molar-refractivity contribution is 6.11. The fourth-order valence-corrected chi connectivity index (χ4v) is 2.38. The van der Waals surface area contributed by atoms with Gasteiger partial charge in [-0.05, 0) is 56.5 Å². The van der Waals surface area contributed by atoms with Crippen LogP contribution in [0.4, 0.5) is 0 Å². The number of carbonyl (C=O) groups excluding carboxylic acids is 1. The second-order valence-electron chi connectivity index (χ2n) is 6.48. The number of ketones is 1. The van der Waals surface area contributed by atoms with Gasteiger partial charge in [0.05, 0.1) is 30.9 Å². The molecule has 0 fully saturated rings. The van der Waals surface area contributed by atoms with Crippen molar-refractivity contribution in [2.24, 2.45) is 0 Å². The minimum absolute atomic E-state index is 0.339. The van der Waals surface area contributed by atoms with Crippen LogP contribution in [0.3, 0.4) is 0 Å². The van der Waals surface area contributed by atoms with Crippen molar-refractivity contribution in [1.82, 2.24) is 0 Å². The Bertz CT molecular complexity index is 973. The smallest absolute Gasteiger partial charge is 0.237 e. The number of hydrogen-bond donors (Lipinski definition) is 1. The van der Waals surface area contributed by atoms with Gasteiger partial charge in [-0.15, -0.1) is 0 Å². The standard InChI is InChI=1S/C23H22O4/c1-16-14-19(18(22(15-16)27-5)12-13-23(2,3)25)20(24)11-10-17-8-6-7-9-21(17)26-4/h6-9,14-15,25H,1-5H3. The molecule has 2 aromatic rings. The summed E-state index contributed by atoms with van der Waals surface area (Å²) in [5.74, 6) is 11.8. The van der Waals surface area contributed by atoms with Crippen LogP contribution in [0.1, 0.15) is 40.9 Å². The van der Waals surface area contributed by atoms with Gasteiger partial charge in [0, 0.05) is 0 Å². The third-order valence-corrected chi connectivity index (χ3v) is 3.62. The van der Waals surface area contributed by atoms with Gasteiger partial charge in [0.25, 0.3) is 0 Å². The first-order chi connectivity index (χ1) is 12.7. The van der Waals surface area contributed by atoms with Crippen molar-refractivity contribution in [1.29, 1.82) is 0 Å². The molecule has 0 spiro atoms. The minimum atomic E-state index is -1.20. The molecule has 0 amide bonds. The predicted octanol–water partition coefficient (Wildman–Crippen LogP) is 3.37. The third kappa shape index (κ3) is 5.38. The van der Waals surface area contributed by atoms with Crippen molar-refractivity contribution in [3.05, 3.63) is 58.7 Å². The lowest BCUT2D eigenvalue weighted by atomic mass is 9.98. The van der Waals surface area contributed by atoms with E-state index in [2.05, 4.69) is 23.7 Å². The summed E-state index contributed by atoms with van der Waals surface area (Å²) < 4.78 is 10.6. The minimum Gasteiger partial charge on any atom is -0.495 e. The van der Waals surface area contributed by atoms with Crippen molar-refractivity contribution in [2.75, 3.05) is 14.2 Å². The number of aliphatic hydroxyl groups is 1. The van der Waals surface area contributed by atoms with E-state index in [-0.39, 0.29) is 5.78 Å². The summed E-state index contributed by atoms with van der Waals surface area (Å²) in [7, 11) is 3.07. The Kier molecular flexibility index (Phi) is 6.29. The third-order valence-electron chi connectivity index (χ3n) is 3.62. The van der Waals surface area contributed by atoms with Gasteiger partial charge in [-0.3, -0.25) is 4.79 Å². The maximum absolute atomic E-state index is 12.8. The van der Waals surface area contributed by atoms with Gasteiger partial charge < -0.3 is 14.6 Å². The van der Waals surface area contributed by atoms with E-state index in [1.54, 1.807) is 45.2 Å². The largest absolute Gasteiger partial charge is 0.495 e. The molecule has 4 nitrogen and oxygen atoms in total. The van der Waals surface area contributed by atoms with Gasteiger partial charge in [-0.2, -0.15) is 0 Å². The molecule has 4 heteroatoms. The van der Waals surface area contributed by atoms with E-state index in [9.17, 15) is 9.90 Å². The summed E-state index contributed by atoms with van der Waals surface area (Å²) in [4.78, 5) is 12.8. The van der Waals surface area contributed by atoms with Crippen molar-refractivity contribution >= 4 is 5.78 Å². The number of benzene rings is 2. The average Bonchev–Trinajstić information content (AvgIpc) is 2.63. The molecule has 0 unspecified atom stereocenters. The number of hydrogen-bond acceptors (Lipinski definition) is 4. The van der Waals surface area contributed by atoms with Gasteiger partial charge in [-0.25, -0.2) is 0 Å². The fourth-order valence-electron chi connectivity index (χ4n) is 2.38. The highest BCUT2D eigenvalue weighted by atomic mass is 16.5. The van der Waals surface area contributed by atoms with E-state index < -0.39 is 5.60 Å². The van der Waals surface area contributed by atoms with Crippen LogP contribution >= 0.6 is 0 Å². The lowest BCUT2D eigenvalue weighted by Gasteiger charge is -2.10. The van der Waals surface area contributed by atoms with Gasteiger partial charge >= 0.3 is 0 Å². The molecule has 0 aliphatic heterocycles. The van der Waals surface area contributed by atoms with Gasteiger partial charge in [0.2, 0.25) is 5.78 Å². The van der Waals surface area contributed by atoms with Crippen LogP contribution in [0.5, 0.6) is 11.5 Å². The number of Topliss-reactive ketones (excluding diaryl/α,β-unsaturated/α-hetero) is 1. The highest BCUT2D eigenvalue weighted by Crippen LogP contribution is 2.25. The van der Waals surface area contributed by atoms with E-state index in [1.807, 2.05) is 19.1 Å². The lowest BCUT2D eigenvalue weighted by Crippen LogP contribution is -2.15. The Morgan fingerprint density at radius 3 is 2.33 bits per heavy atom. The zero-order chi connectivity index (χ0) is 20.0. The Morgan fingerprint density at radius 1 is 1.04 bits per heavy atom. The van der Waals surface area contributed by atoms with Crippen LogP contribution in [0.15, 0.2) is 36.4 Å². The maximum Gasteiger partial charge on any atom is 0.237 e. The Morgan fingerprint density at radius 2 is 1.70 bits per heavy atom. The quantitative estimate of drug-likeness (QED) is 0.672. The van der Waals surface area contributed by atoms with Gasteiger partial charge in [0.1, 0.15) is 17.1 Å². The van der Waals surface area contributed by atoms with Crippen molar-refractivity contribution in [3.8, 4) is 35.2 Å². The molecule has 0 radical (unpaired) electrons. The molecule has 0 heterocycles. The first kappa shape index (κ1) is 20.1. The first-order valence-electron chi connectivity index (χ1n) is 8.38. The van der Waals surface area contributed by atoms with Crippen molar-refractivity contribution < 1.29 is 19.4 Å². The average molecular weight is 362 g/mol. The number of methoxy groups -OCH3 is 2. The number of ether oxygens (including phenoxy) is 2. The summed E-state index contributed by atoms with van der Waals surface area (Å²) in [6, 6.07) is 10.7. The van der Waals surface area contributed by atoms with E-state index >= 15 is 0 Å². The van der Waals surface area contributed by atoms with Gasteiger partial charge in [0.15, 0.2) is 0 Å². The molecule has 1 N–H and O–H groups in total. The number of aryl methyl sites for hydroxylation is 1. The second kappa shape index (κ2) is 8.45. The highest BCUT2D eigenvalue weighted by Gasteiger charge is 2.15. The van der Waals surface area contributed by atoms with Crippen LogP contribution in [0.2, 0.25) is 0 Å². The normalized spacial score (nSPS) is 10.1. The topological polar surface area (TPSA) is 55.8 Å². The van der Waals surface area contributed by atoms with Crippen molar-refractivity contribution in [2.45, 2.75) is 26.4 Å². The lowest BCUT2D eigenvalue weighted by molar-refractivity contribution is 0.105. The molecular formula is C23H22O4. The molecule has 0 aliphatic carbocycles. The van der Waals surface area contributed by atoms with Crippen LogP contribution in [0, 0.1) is 30.6 Å². The van der Waals surface area contributed by atoms with E-state index in [1.165, 1.54) is 7.11 Å². The van der Waals surface area contributed by atoms with Gasteiger partial charge in [-0.1, -0.05) is 29.9 Å². The van der Waals surface area contributed by atoms with Crippen LogP contribution in [-0.4, -0.2) is 30.7 Å². The Labute approximate surface area is 160 Å². The molecule has 0 saturated heterocycles. The number of carbonyl (C=O) groups is 1. The molecule has 0 saturated carbocycles. The Hall–Kier alpha value is -3.21. The molecule has 0 atom stereocenters. The summed E-state index contributed by atoms with van der Waals surface area (Å²) in [5.41, 5.74) is 1.02. The zero-order valence-electron chi connectivity index (χ0n) is 16.1. The summed E-state index contributed by atoms with van der Waals surface area (Å²) >= 11 is 0. The van der Waals surface area contributed by atoms with Crippen molar-refractivity contribution in [3.63, 3.8) is 0 Å². The van der Waals surface area contributed by atoms with Crippen LogP contribution in [0.25, 0.3) is 0 Å². The fraction of sp³-hybridized carbons (Fsp3) is 0.261. The SMILES string of the molecule is COc1ccccc1C#CC(=O)c1cc(C)cc(OC)c1C#CC(C)(C)O. The molecule has 0 aliphatic rings. The number of para-hydroxylation sites is 1. The molecule has 0 bridgehead atoms. The second-order valence-corrected chi connectivity index (χ2v) is 6.48. The first-order valence-corrected chi connectivity index (χ1v) is 8.38. The summed E-state index contributed by atoms with van der Waals surface area (Å²) in [6.07, 6.45) is 0. The zero-order valence-corrected chi connectivity index (χ0v) is 16.1. The maximum atomic E-state index is 12.8.